The number of alkyl halides is 8. The highest BCUT2D eigenvalue weighted by atomic mass is 19.4. The van der Waals surface area contributed by atoms with E-state index in [2.05, 4.69) is 38.7 Å². The molecule has 0 radical (unpaired) electrons. The zero-order chi connectivity index (χ0) is 58.1. The molecule has 2 aromatic rings. The first-order chi connectivity index (χ1) is 36.7. The molecule has 78 heavy (non-hydrogen) atoms. The molecule has 10 atom stereocenters. The number of unbranched alkanes of at least 4 members (excludes halogenated alkanes) is 3. The zero-order valence-corrected chi connectivity index (χ0v) is 44.0. The number of ketones is 1. The number of carbonyl (C=O) groups excluding carboxylic acids is 6. The number of benzene rings is 2. The Labute approximate surface area is 447 Å². The SMILES string of the molecule is CN[C@@H](C)C(=O)N[C@@H](CCCCCC[C@H](NC(=O)[C@H](C)NC)C(=O)N1C[C@@H](F)C[C@H]1C(=O)N[C@@H]1CCCc2ccccc21)C(=O)N1C[C@@H](F)C[C@H]1C(=O)C[C@@H]1CCCc2ccccc21.O=C(O)C(F)(F)F.O=C(O)C(F)(F)F. The first kappa shape index (κ1) is 64.3. The number of rotatable bonds is 20. The molecule has 2 heterocycles. The van der Waals surface area contributed by atoms with Gasteiger partial charge in [-0.3, -0.25) is 28.8 Å². The number of carboxylic acids is 2. The molecule has 25 heteroatoms. The van der Waals surface area contributed by atoms with Crippen molar-refractivity contribution in [3.8, 4) is 0 Å². The number of hydrogen-bond acceptors (Lipinski definition) is 10. The van der Waals surface area contributed by atoms with E-state index < -0.39 is 96.5 Å². The summed E-state index contributed by atoms with van der Waals surface area (Å²) in [5, 5.41) is 28.8. The van der Waals surface area contributed by atoms with Gasteiger partial charge in [-0.15, -0.1) is 0 Å². The number of likely N-dealkylation sites (N-methyl/N-ethyl adjacent to an activating group) is 2. The molecule has 434 valence electrons. The Bertz CT molecular complexity index is 2230. The monoisotopic (exact) mass is 1120 g/mol. The number of likely N-dealkylation sites (tertiary alicyclic amines) is 2. The Morgan fingerprint density at radius 1 is 0.615 bits per heavy atom. The topological polar surface area (TPSA) is 244 Å². The average Bonchev–Trinajstić information content (AvgIpc) is 4.05. The van der Waals surface area contributed by atoms with E-state index in [1.165, 1.54) is 15.4 Å². The molecule has 5 amide bonds. The second-order valence-corrected chi connectivity index (χ2v) is 20.0. The van der Waals surface area contributed by atoms with Gasteiger partial charge in [0.05, 0.1) is 37.3 Å². The van der Waals surface area contributed by atoms with Crippen LogP contribution in [0.1, 0.15) is 132 Å². The predicted molar refractivity (Wildman–Crippen MR) is 268 cm³/mol. The van der Waals surface area contributed by atoms with Gasteiger partial charge in [0.25, 0.3) is 0 Å². The summed E-state index contributed by atoms with van der Waals surface area (Å²) in [5.41, 5.74) is 4.57. The minimum Gasteiger partial charge on any atom is -0.475 e. The Morgan fingerprint density at radius 3 is 1.49 bits per heavy atom. The fraction of sp³-hybridized carbons (Fsp3) is 0.623. The number of aliphatic carboxylic acids is 2. The highest BCUT2D eigenvalue weighted by Crippen LogP contribution is 2.36. The third-order valence-corrected chi connectivity index (χ3v) is 14.5. The largest absolute Gasteiger partial charge is 0.490 e. The molecule has 0 aromatic heterocycles. The summed E-state index contributed by atoms with van der Waals surface area (Å²) < 4.78 is 93.7. The molecule has 0 bridgehead atoms. The summed E-state index contributed by atoms with van der Waals surface area (Å²) in [7, 11) is 3.27. The zero-order valence-electron chi connectivity index (χ0n) is 44.0. The first-order valence-corrected chi connectivity index (χ1v) is 26.1. The first-order valence-electron chi connectivity index (χ1n) is 26.1. The van der Waals surface area contributed by atoms with Crippen LogP contribution in [0.15, 0.2) is 48.5 Å². The number of nitrogens with one attached hydrogen (secondary N) is 5. The standard InChI is InChI=1S/C49H69F2N7O6.2C2HF3O2/c1-30(52-3)45(60)55-40(48(63)57-28-35(50)26-42(57)44(59)25-34-19-13-17-32-15-9-11-20-37(32)34)22-7-5-6-8-23-41(56-46(61)31(2)53-4)49(64)58-29-36(51)27-43(58)47(62)54-39-24-14-18-33-16-10-12-21-38(33)39;2*3-2(4,5)1(6)7/h9-12,15-16,20-21,30-31,34-36,39-43,52-53H,5-8,13-14,17-19,22-29H2,1-4H3,(H,54,62)(H,55,60)(H,56,61);2*(H,6,7)/t30-,31-,34-,35-,36-,39+,40-,41-,42-,43-;;/m0../s1. The molecule has 2 aliphatic heterocycles. The summed E-state index contributed by atoms with van der Waals surface area (Å²) >= 11 is 0. The van der Waals surface area contributed by atoms with Gasteiger partial charge >= 0.3 is 24.3 Å². The van der Waals surface area contributed by atoms with Crippen LogP contribution in [0.25, 0.3) is 0 Å². The van der Waals surface area contributed by atoms with Crippen LogP contribution in [0.3, 0.4) is 0 Å². The molecule has 2 aliphatic carbocycles. The quantitative estimate of drug-likeness (QED) is 0.0603. The summed E-state index contributed by atoms with van der Waals surface area (Å²) in [6, 6.07) is 10.7. The van der Waals surface area contributed by atoms with Crippen LogP contribution in [0.4, 0.5) is 35.1 Å². The maximum Gasteiger partial charge on any atom is 0.490 e. The number of Topliss-reactive ketones (excluding diaryl/α,β-unsaturated/α-hetero) is 1. The van der Waals surface area contributed by atoms with E-state index in [0.29, 0.717) is 25.7 Å². The van der Waals surface area contributed by atoms with Crippen LogP contribution in [-0.4, -0.2) is 155 Å². The Balaban J connectivity index is 0.000000826. The van der Waals surface area contributed by atoms with Gasteiger partial charge in [0.15, 0.2) is 5.78 Å². The summed E-state index contributed by atoms with van der Waals surface area (Å²) in [6.07, 6.45) is -4.90. The van der Waals surface area contributed by atoms with Gasteiger partial charge in [-0.05, 0) is 107 Å². The number of hydrogen-bond donors (Lipinski definition) is 7. The second kappa shape index (κ2) is 29.7. The summed E-state index contributed by atoms with van der Waals surface area (Å²) in [6.45, 7) is 2.88. The van der Waals surface area contributed by atoms with Gasteiger partial charge in [0.2, 0.25) is 29.5 Å². The van der Waals surface area contributed by atoms with E-state index >= 15 is 8.78 Å². The van der Waals surface area contributed by atoms with Gasteiger partial charge < -0.3 is 46.6 Å². The van der Waals surface area contributed by atoms with Crippen molar-refractivity contribution < 1.29 is 83.7 Å². The lowest BCUT2D eigenvalue weighted by Crippen LogP contribution is -2.55. The third kappa shape index (κ3) is 18.7. The van der Waals surface area contributed by atoms with Crippen molar-refractivity contribution in [2.24, 2.45) is 0 Å². The van der Waals surface area contributed by atoms with Crippen molar-refractivity contribution in [2.45, 2.75) is 183 Å². The van der Waals surface area contributed by atoms with Crippen LogP contribution in [0.5, 0.6) is 0 Å². The summed E-state index contributed by atoms with van der Waals surface area (Å²) in [5.74, 6) is -7.86. The minimum absolute atomic E-state index is 0.0110. The maximum absolute atomic E-state index is 15.1. The fourth-order valence-corrected chi connectivity index (χ4v) is 10.0. The highest BCUT2D eigenvalue weighted by molar-refractivity contribution is 5.95. The van der Waals surface area contributed by atoms with E-state index in [9.17, 15) is 55.1 Å². The van der Waals surface area contributed by atoms with Crippen molar-refractivity contribution in [3.63, 3.8) is 0 Å². The number of nitrogens with zero attached hydrogens (tertiary/aromatic N) is 2. The lowest BCUT2D eigenvalue weighted by atomic mass is 9.79. The van der Waals surface area contributed by atoms with Gasteiger partial charge in [-0.2, -0.15) is 26.3 Å². The molecule has 2 fully saturated rings. The lowest BCUT2D eigenvalue weighted by molar-refractivity contribution is -0.193. The average molecular weight is 1120 g/mol. The van der Waals surface area contributed by atoms with Gasteiger partial charge in [0.1, 0.15) is 30.5 Å². The molecule has 2 saturated heterocycles. The highest BCUT2D eigenvalue weighted by Gasteiger charge is 2.45. The van der Waals surface area contributed by atoms with E-state index in [0.717, 1.165) is 55.2 Å². The van der Waals surface area contributed by atoms with Gasteiger partial charge in [-0.1, -0.05) is 74.2 Å². The van der Waals surface area contributed by atoms with Crippen LogP contribution in [0, 0.1) is 0 Å². The van der Waals surface area contributed by atoms with Crippen molar-refractivity contribution in [1.29, 1.82) is 0 Å². The van der Waals surface area contributed by atoms with E-state index in [1.807, 2.05) is 36.4 Å². The number of aryl methyl sites for hydroxylation is 2. The molecular weight excluding hydrogens is 1050 g/mol. The minimum atomic E-state index is -5.08. The predicted octanol–water partition coefficient (Wildman–Crippen LogP) is 5.93. The lowest BCUT2D eigenvalue weighted by Gasteiger charge is -2.31. The Kier molecular flexibility index (Phi) is 24.4. The maximum atomic E-state index is 15.1. The molecule has 0 saturated carbocycles. The van der Waals surface area contributed by atoms with Crippen LogP contribution in [0.2, 0.25) is 0 Å². The Hall–Kier alpha value is -6.24. The van der Waals surface area contributed by atoms with Gasteiger partial charge in [-0.25, -0.2) is 18.4 Å². The number of fused-ring (bicyclic) bond motifs is 2. The molecule has 6 rings (SSSR count). The number of amides is 5. The van der Waals surface area contributed by atoms with Crippen LogP contribution in [-0.2, 0) is 51.2 Å². The van der Waals surface area contributed by atoms with Crippen molar-refractivity contribution in [2.75, 3.05) is 27.2 Å². The number of carbonyl (C=O) groups is 8. The smallest absolute Gasteiger partial charge is 0.475 e. The molecule has 0 spiro atoms. The number of carboxylic acid groups (broad SMARTS) is 2. The van der Waals surface area contributed by atoms with E-state index in [4.69, 9.17) is 19.8 Å². The molecule has 7 N–H and O–H groups in total. The van der Waals surface area contributed by atoms with E-state index in [1.54, 1.807) is 27.9 Å². The molecule has 17 nitrogen and oxygen atoms in total. The fourth-order valence-electron chi connectivity index (χ4n) is 10.0. The molecular formula is C53H71F8N7O10. The third-order valence-electron chi connectivity index (χ3n) is 14.5. The van der Waals surface area contributed by atoms with Crippen molar-refractivity contribution >= 4 is 47.3 Å². The molecule has 2 aromatic carbocycles. The van der Waals surface area contributed by atoms with Crippen LogP contribution >= 0.6 is 0 Å². The second-order valence-electron chi connectivity index (χ2n) is 20.0. The van der Waals surface area contributed by atoms with E-state index in [-0.39, 0.29) is 68.8 Å². The Morgan fingerprint density at radius 2 is 1.03 bits per heavy atom. The molecule has 4 aliphatic rings. The summed E-state index contributed by atoms with van der Waals surface area (Å²) in [4.78, 5) is 103. The van der Waals surface area contributed by atoms with Gasteiger partial charge in [0, 0.05) is 19.3 Å². The number of halogens is 8. The van der Waals surface area contributed by atoms with Crippen LogP contribution < -0.4 is 26.6 Å². The normalized spacial score (nSPS) is 22.3. The van der Waals surface area contributed by atoms with Crippen molar-refractivity contribution in [1.82, 2.24) is 36.4 Å². The van der Waals surface area contributed by atoms with Crippen molar-refractivity contribution in [3.05, 3.63) is 70.8 Å². The molecule has 0 unspecified atom stereocenters.